The van der Waals surface area contributed by atoms with Crippen LogP contribution in [0, 0.1) is 21.4 Å². The van der Waals surface area contributed by atoms with Crippen LogP contribution in [0.25, 0.3) is 0 Å². The molecule has 1 aromatic rings. The van der Waals surface area contributed by atoms with Gasteiger partial charge in [0.25, 0.3) is 11.6 Å². The molecule has 0 aliphatic carbocycles. The van der Waals surface area contributed by atoms with Gasteiger partial charge in [-0.3, -0.25) is 14.9 Å². The lowest BCUT2D eigenvalue weighted by Gasteiger charge is -2.07. The summed E-state index contributed by atoms with van der Waals surface area (Å²) in [7, 11) is 1.31. The number of nitro benzene ring substituents is 1. The van der Waals surface area contributed by atoms with Gasteiger partial charge in [-0.25, -0.2) is 0 Å². The van der Waals surface area contributed by atoms with E-state index in [2.05, 4.69) is 5.32 Å². The predicted molar refractivity (Wildman–Crippen MR) is 57.6 cm³/mol. The Kier molecular flexibility index (Phi) is 4.00. The zero-order chi connectivity index (χ0) is 12.8. The molecular formula is C10H9N3O4. The van der Waals surface area contributed by atoms with Gasteiger partial charge in [0, 0.05) is 6.07 Å². The number of benzene rings is 1. The van der Waals surface area contributed by atoms with Gasteiger partial charge >= 0.3 is 0 Å². The molecule has 1 aromatic carbocycles. The van der Waals surface area contributed by atoms with Crippen LogP contribution in [0.2, 0.25) is 0 Å². The van der Waals surface area contributed by atoms with Crippen LogP contribution < -0.4 is 10.1 Å². The number of hydrogen-bond acceptors (Lipinski definition) is 5. The third-order valence-electron chi connectivity index (χ3n) is 1.97. The van der Waals surface area contributed by atoms with Gasteiger partial charge < -0.3 is 10.1 Å². The number of nitrogens with one attached hydrogen (secondary N) is 1. The van der Waals surface area contributed by atoms with E-state index < -0.39 is 10.8 Å². The second-order valence-electron chi connectivity index (χ2n) is 2.98. The Labute approximate surface area is 96.8 Å². The maximum Gasteiger partial charge on any atom is 0.273 e. The Morgan fingerprint density at radius 1 is 1.65 bits per heavy atom. The third kappa shape index (κ3) is 2.92. The smallest absolute Gasteiger partial charge is 0.273 e. The van der Waals surface area contributed by atoms with Crippen molar-refractivity contribution in [2.75, 3.05) is 13.7 Å². The van der Waals surface area contributed by atoms with Crippen LogP contribution in [0.3, 0.4) is 0 Å². The SMILES string of the molecule is COc1cc([N+](=O)[O-])ccc1C(=O)NCC#N. The standard InChI is InChI=1S/C10H9N3O4/c1-17-9-6-7(13(15)16)2-3-8(9)10(14)12-5-4-11/h2-3,6H,5H2,1H3,(H,12,14). The molecule has 0 atom stereocenters. The van der Waals surface area contributed by atoms with E-state index in [0.717, 1.165) is 6.07 Å². The fourth-order valence-corrected chi connectivity index (χ4v) is 1.20. The largest absolute Gasteiger partial charge is 0.496 e. The van der Waals surface area contributed by atoms with Gasteiger partial charge in [0.15, 0.2) is 0 Å². The molecule has 0 radical (unpaired) electrons. The lowest BCUT2D eigenvalue weighted by Crippen LogP contribution is -2.24. The molecule has 17 heavy (non-hydrogen) atoms. The first kappa shape index (κ1) is 12.4. The topological polar surface area (TPSA) is 105 Å². The quantitative estimate of drug-likeness (QED) is 0.473. The van der Waals surface area contributed by atoms with E-state index in [0.29, 0.717) is 0 Å². The predicted octanol–water partition coefficient (Wildman–Crippen LogP) is 0.857. The molecule has 1 rings (SSSR count). The maximum absolute atomic E-state index is 11.6. The molecule has 0 saturated carbocycles. The number of nitriles is 1. The van der Waals surface area contributed by atoms with Crippen molar-refractivity contribution in [3.8, 4) is 11.8 Å². The molecule has 1 N–H and O–H groups in total. The first-order valence-corrected chi connectivity index (χ1v) is 4.57. The summed E-state index contributed by atoms with van der Waals surface area (Å²) < 4.78 is 4.89. The molecular weight excluding hydrogens is 226 g/mol. The van der Waals surface area contributed by atoms with Crippen LogP contribution in [0.4, 0.5) is 5.69 Å². The number of ether oxygens (including phenoxy) is 1. The lowest BCUT2D eigenvalue weighted by molar-refractivity contribution is -0.384. The zero-order valence-electron chi connectivity index (χ0n) is 8.97. The second-order valence-corrected chi connectivity index (χ2v) is 2.98. The molecule has 88 valence electrons. The van der Waals surface area contributed by atoms with Gasteiger partial charge in [-0.15, -0.1) is 0 Å². The molecule has 0 saturated heterocycles. The van der Waals surface area contributed by atoms with E-state index in [9.17, 15) is 14.9 Å². The molecule has 0 heterocycles. The minimum atomic E-state index is -0.584. The van der Waals surface area contributed by atoms with Gasteiger partial charge in [0.2, 0.25) is 0 Å². The minimum absolute atomic E-state index is 0.0923. The van der Waals surface area contributed by atoms with Crippen LogP contribution in [-0.4, -0.2) is 24.5 Å². The van der Waals surface area contributed by atoms with E-state index in [1.54, 1.807) is 6.07 Å². The molecule has 7 nitrogen and oxygen atoms in total. The molecule has 7 heteroatoms. The Balaban J connectivity index is 3.05. The van der Waals surface area contributed by atoms with Crippen molar-refractivity contribution < 1.29 is 14.5 Å². The molecule has 0 aromatic heterocycles. The lowest BCUT2D eigenvalue weighted by atomic mass is 10.1. The summed E-state index contributed by atoms with van der Waals surface area (Å²) in [6.07, 6.45) is 0. The summed E-state index contributed by atoms with van der Waals surface area (Å²) in [6.45, 7) is -0.140. The van der Waals surface area contributed by atoms with Crippen LogP contribution in [0.15, 0.2) is 18.2 Å². The number of methoxy groups -OCH3 is 1. The number of hydrogen-bond donors (Lipinski definition) is 1. The Hall–Kier alpha value is -2.62. The Morgan fingerprint density at radius 3 is 2.88 bits per heavy atom. The number of amides is 1. The van der Waals surface area contributed by atoms with Crippen LogP contribution >= 0.6 is 0 Å². The van der Waals surface area contributed by atoms with E-state index in [1.165, 1.54) is 19.2 Å². The summed E-state index contributed by atoms with van der Waals surface area (Å²) in [6, 6.07) is 5.39. The number of nitro groups is 1. The minimum Gasteiger partial charge on any atom is -0.496 e. The summed E-state index contributed by atoms with van der Waals surface area (Å²) in [5.41, 5.74) is -0.0213. The van der Waals surface area contributed by atoms with Gasteiger partial charge in [-0.2, -0.15) is 5.26 Å². The van der Waals surface area contributed by atoms with Gasteiger partial charge in [0.05, 0.1) is 29.7 Å². The van der Waals surface area contributed by atoms with Gasteiger partial charge in [0.1, 0.15) is 12.3 Å². The van der Waals surface area contributed by atoms with E-state index in [4.69, 9.17) is 10.00 Å². The fourth-order valence-electron chi connectivity index (χ4n) is 1.20. The fraction of sp³-hybridized carbons (Fsp3) is 0.200. The van der Waals surface area contributed by atoms with E-state index >= 15 is 0 Å². The molecule has 0 aliphatic rings. The average Bonchev–Trinajstić information content (AvgIpc) is 2.34. The van der Waals surface area contributed by atoms with E-state index in [-0.39, 0.29) is 23.5 Å². The van der Waals surface area contributed by atoms with Crippen molar-refractivity contribution >= 4 is 11.6 Å². The summed E-state index contributed by atoms with van der Waals surface area (Å²) >= 11 is 0. The number of non-ortho nitro benzene ring substituents is 1. The summed E-state index contributed by atoms with van der Waals surface area (Å²) in [4.78, 5) is 21.5. The van der Waals surface area contributed by atoms with Gasteiger partial charge in [-0.1, -0.05) is 0 Å². The van der Waals surface area contributed by atoms with Crippen molar-refractivity contribution in [3.63, 3.8) is 0 Å². The van der Waals surface area contributed by atoms with Crippen LogP contribution in [0.1, 0.15) is 10.4 Å². The summed E-state index contributed by atoms with van der Waals surface area (Å²) in [5, 5.41) is 21.2. The molecule has 1 amide bonds. The first-order chi connectivity index (χ1) is 8.10. The average molecular weight is 235 g/mol. The highest BCUT2D eigenvalue weighted by molar-refractivity contribution is 5.97. The molecule has 0 bridgehead atoms. The van der Waals surface area contributed by atoms with Crippen molar-refractivity contribution in [1.82, 2.24) is 5.32 Å². The molecule has 0 spiro atoms. The van der Waals surface area contributed by atoms with Crippen molar-refractivity contribution in [3.05, 3.63) is 33.9 Å². The van der Waals surface area contributed by atoms with Crippen molar-refractivity contribution in [2.45, 2.75) is 0 Å². The second kappa shape index (κ2) is 5.46. The molecule has 0 fully saturated rings. The maximum atomic E-state index is 11.6. The number of carbonyl (C=O) groups is 1. The van der Waals surface area contributed by atoms with Crippen LogP contribution in [0.5, 0.6) is 5.75 Å². The highest BCUT2D eigenvalue weighted by Crippen LogP contribution is 2.24. The third-order valence-corrected chi connectivity index (χ3v) is 1.97. The van der Waals surface area contributed by atoms with Gasteiger partial charge in [-0.05, 0) is 6.07 Å². The van der Waals surface area contributed by atoms with Crippen molar-refractivity contribution in [2.24, 2.45) is 0 Å². The van der Waals surface area contributed by atoms with Crippen LogP contribution in [-0.2, 0) is 0 Å². The Morgan fingerprint density at radius 2 is 2.35 bits per heavy atom. The Bertz CT molecular complexity index is 493. The first-order valence-electron chi connectivity index (χ1n) is 4.57. The highest BCUT2D eigenvalue weighted by atomic mass is 16.6. The number of nitrogens with zero attached hydrogens (tertiary/aromatic N) is 2. The monoisotopic (exact) mass is 235 g/mol. The molecule has 0 unspecified atom stereocenters. The zero-order valence-corrected chi connectivity index (χ0v) is 8.97. The molecule has 0 aliphatic heterocycles. The number of rotatable bonds is 4. The summed E-state index contributed by atoms with van der Waals surface area (Å²) in [5.74, 6) is -0.423. The normalized spacial score (nSPS) is 9.18. The number of carbonyl (C=O) groups excluding carboxylic acids is 1. The van der Waals surface area contributed by atoms with E-state index in [1.807, 2.05) is 0 Å². The highest BCUT2D eigenvalue weighted by Gasteiger charge is 2.16. The van der Waals surface area contributed by atoms with Crippen molar-refractivity contribution in [1.29, 1.82) is 5.26 Å².